The van der Waals surface area contributed by atoms with Gasteiger partial charge in [0.15, 0.2) is 0 Å². The monoisotopic (exact) mass is 220 g/mol. The van der Waals surface area contributed by atoms with Gasteiger partial charge in [0, 0.05) is 18.7 Å². The lowest BCUT2D eigenvalue weighted by Gasteiger charge is -2.30. The van der Waals surface area contributed by atoms with Gasteiger partial charge in [0.1, 0.15) is 5.75 Å². The molecule has 1 aliphatic heterocycles. The Kier molecular flexibility index (Phi) is 2.76. The summed E-state index contributed by atoms with van der Waals surface area (Å²) in [7, 11) is 0. The Labute approximate surface area is 92.8 Å². The van der Waals surface area contributed by atoms with E-state index in [1.165, 1.54) is 6.07 Å². The molecule has 1 aromatic carbocycles. The van der Waals surface area contributed by atoms with Crippen LogP contribution in [0.2, 0.25) is 0 Å². The van der Waals surface area contributed by atoms with Gasteiger partial charge in [-0.05, 0) is 24.6 Å². The molecule has 2 rings (SSSR count). The summed E-state index contributed by atoms with van der Waals surface area (Å²) in [6.45, 7) is 1.58. The standard InChI is InChI=1S/C11H12N2O3/c12-11(15)16-9-4-1-3-8(7-9)10(14)13-5-2-6-13/h1,3-4,7H,2,5-6H2,(H2,12,15). The van der Waals surface area contributed by atoms with E-state index in [-0.39, 0.29) is 5.91 Å². The Balaban J connectivity index is 2.14. The van der Waals surface area contributed by atoms with Crippen molar-refractivity contribution in [2.45, 2.75) is 6.42 Å². The molecule has 5 nitrogen and oxygen atoms in total. The Morgan fingerprint density at radius 1 is 1.31 bits per heavy atom. The van der Waals surface area contributed by atoms with E-state index in [1.54, 1.807) is 23.1 Å². The van der Waals surface area contributed by atoms with Crippen LogP contribution in [-0.2, 0) is 0 Å². The minimum atomic E-state index is -0.881. The molecule has 1 aromatic rings. The maximum Gasteiger partial charge on any atom is 0.409 e. The zero-order valence-corrected chi connectivity index (χ0v) is 8.68. The van der Waals surface area contributed by atoms with Gasteiger partial charge < -0.3 is 15.4 Å². The van der Waals surface area contributed by atoms with Crippen LogP contribution in [0.3, 0.4) is 0 Å². The number of nitrogens with zero attached hydrogens (tertiary/aromatic N) is 1. The first-order valence-corrected chi connectivity index (χ1v) is 5.03. The molecule has 1 aliphatic rings. The summed E-state index contributed by atoms with van der Waals surface area (Å²) >= 11 is 0. The second kappa shape index (κ2) is 4.22. The van der Waals surface area contributed by atoms with Crippen molar-refractivity contribution >= 4 is 12.0 Å². The first-order valence-electron chi connectivity index (χ1n) is 5.03. The van der Waals surface area contributed by atoms with Crippen LogP contribution in [-0.4, -0.2) is 30.0 Å². The number of amides is 2. The Morgan fingerprint density at radius 2 is 2.06 bits per heavy atom. The van der Waals surface area contributed by atoms with E-state index in [2.05, 4.69) is 0 Å². The molecule has 1 fully saturated rings. The number of ether oxygens (including phenoxy) is 1. The van der Waals surface area contributed by atoms with Crippen LogP contribution in [0.25, 0.3) is 0 Å². The number of hydrogen-bond acceptors (Lipinski definition) is 3. The molecular formula is C11H12N2O3. The van der Waals surface area contributed by atoms with E-state index in [9.17, 15) is 9.59 Å². The van der Waals surface area contributed by atoms with Crippen LogP contribution >= 0.6 is 0 Å². The molecule has 0 unspecified atom stereocenters. The van der Waals surface area contributed by atoms with Crippen LogP contribution in [0.4, 0.5) is 4.79 Å². The summed E-state index contributed by atoms with van der Waals surface area (Å²) in [6, 6.07) is 6.45. The summed E-state index contributed by atoms with van der Waals surface area (Å²) in [5.74, 6) is 0.250. The van der Waals surface area contributed by atoms with Gasteiger partial charge in [-0.3, -0.25) is 4.79 Å². The van der Waals surface area contributed by atoms with Crippen molar-refractivity contribution in [1.29, 1.82) is 0 Å². The lowest BCUT2D eigenvalue weighted by atomic mass is 10.1. The minimum absolute atomic E-state index is 0.0406. The molecule has 0 bridgehead atoms. The highest BCUT2D eigenvalue weighted by atomic mass is 16.5. The Morgan fingerprint density at radius 3 is 2.62 bits per heavy atom. The number of carbonyl (C=O) groups excluding carboxylic acids is 2. The molecule has 1 heterocycles. The van der Waals surface area contributed by atoms with Crippen molar-refractivity contribution in [3.05, 3.63) is 29.8 Å². The van der Waals surface area contributed by atoms with Gasteiger partial charge in [-0.1, -0.05) is 6.07 Å². The number of rotatable bonds is 2. The van der Waals surface area contributed by atoms with Crippen molar-refractivity contribution in [3.63, 3.8) is 0 Å². The summed E-state index contributed by atoms with van der Waals surface area (Å²) in [6.07, 6.45) is 0.164. The Hall–Kier alpha value is -2.04. The summed E-state index contributed by atoms with van der Waals surface area (Å²) in [5, 5.41) is 0. The van der Waals surface area contributed by atoms with Crippen LogP contribution in [0.1, 0.15) is 16.8 Å². The molecule has 0 radical (unpaired) electrons. The number of carbonyl (C=O) groups is 2. The zero-order chi connectivity index (χ0) is 11.5. The second-order valence-electron chi connectivity index (χ2n) is 3.59. The maximum atomic E-state index is 11.8. The fourth-order valence-corrected chi connectivity index (χ4v) is 1.51. The van der Waals surface area contributed by atoms with Crippen molar-refractivity contribution < 1.29 is 14.3 Å². The highest BCUT2D eigenvalue weighted by Gasteiger charge is 2.21. The van der Waals surface area contributed by atoms with E-state index in [0.717, 1.165) is 19.5 Å². The smallest absolute Gasteiger partial charge is 0.409 e. The summed E-state index contributed by atoms with van der Waals surface area (Å²) in [4.78, 5) is 24.1. The highest BCUT2D eigenvalue weighted by molar-refractivity contribution is 5.95. The molecule has 0 atom stereocenters. The molecule has 16 heavy (non-hydrogen) atoms. The van der Waals surface area contributed by atoms with Gasteiger partial charge >= 0.3 is 6.09 Å². The van der Waals surface area contributed by atoms with Gasteiger partial charge in [-0.15, -0.1) is 0 Å². The van der Waals surface area contributed by atoms with E-state index in [0.29, 0.717) is 11.3 Å². The fourth-order valence-electron chi connectivity index (χ4n) is 1.51. The third-order valence-electron chi connectivity index (χ3n) is 2.44. The molecule has 2 N–H and O–H groups in total. The fraction of sp³-hybridized carbons (Fsp3) is 0.273. The third-order valence-corrected chi connectivity index (χ3v) is 2.44. The predicted octanol–water partition coefficient (Wildman–Crippen LogP) is 0.990. The van der Waals surface area contributed by atoms with E-state index >= 15 is 0 Å². The molecule has 0 spiro atoms. The van der Waals surface area contributed by atoms with Gasteiger partial charge in [-0.25, -0.2) is 4.79 Å². The molecule has 5 heteroatoms. The van der Waals surface area contributed by atoms with Crippen LogP contribution in [0.15, 0.2) is 24.3 Å². The number of nitrogens with two attached hydrogens (primary N) is 1. The first kappa shape index (κ1) is 10.5. The average Bonchev–Trinajstić information content (AvgIpc) is 2.14. The lowest BCUT2D eigenvalue weighted by Crippen LogP contribution is -2.42. The predicted molar refractivity (Wildman–Crippen MR) is 57.2 cm³/mol. The molecular weight excluding hydrogens is 208 g/mol. The number of benzene rings is 1. The van der Waals surface area contributed by atoms with Crippen molar-refractivity contribution in [2.24, 2.45) is 5.73 Å². The van der Waals surface area contributed by atoms with Gasteiger partial charge in [0.2, 0.25) is 0 Å². The molecule has 2 amide bonds. The van der Waals surface area contributed by atoms with E-state index in [4.69, 9.17) is 10.5 Å². The Bertz CT molecular complexity index is 427. The maximum absolute atomic E-state index is 11.8. The molecule has 1 saturated heterocycles. The van der Waals surface area contributed by atoms with Crippen LogP contribution in [0, 0.1) is 0 Å². The summed E-state index contributed by atoms with van der Waals surface area (Å²) in [5.41, 5.74) is 5.40. The third kappa shape index (κ3) is 2.13. The molecule has 0 aliphatic carbocycles. The lowest BCUT2D eigenvalue weighted by molar-refractivity contribution is 0.0651. The largest absolute Gasteiger partial charge is 0.410 e. The molecule has 84 valence electrons. The van der Waals surface area contributed by atoms with Crippen molar-refractivity contribution in [3.8, 4) is 5.75 Å². The number of likely N-dealkylation sites (tertiary alicyclic amines) is 1. The molecule has 0 aromatic heterocycles. The second-order valence-corrected chi connectivity index (χ2v) is 3.59. The van der Waals surface area contributed by atoms with E-state index < -0.39 is 6.09 Å². The minimum Gasteiger partial charge on any atom is -0.410 e. The van der Waals surface area contributed by atoms with Crippen molar-refractivity contribution in [2.75, 3.05) is 13.1 Å². The average molecular weight is 220 g/mol. The topological polar surface area (TPSA) is 72.6 Å². The first-order chi connectivity index (χ1) is 7.66. The van der Waals surface area contributed by atoms with Crippen LogP contribution in [0.5, 0.6) is 5.75 Å². The number of primary amides is 1. The normalized spacial score (nSPS) is 14.1. The van der Waals surface area contributed by atoms with Gasteiger partial charge in [0.25, 0.3) is 5.91 Å². The van der Waals surface area contributed by atoms with E-state index in [1.807, 2.05) is 0 Å². The SMILES string of the molecule is NC(=O)Oc1cccc(C(=O)N2CCC2)c1. The molecule has 0 saturated carbocycles. The van der Waals surface area contributed by atoms with Gasteiger partial charge in [0.05, 0.1) is 0 Å². The van der Waals surface area contributed by atoms with Crippen molar-refractivity contribution in [1.82, 2.24) is 4.90 Å². The summed E-state index contributed by atoms with van der Waals surface area (Å²) < 4.78 is 4.70. The van der Waals surface area contributed by atoms with Gasteiger partial charge in [-0.2, -0.15) is 0 Å². The number of hydrogen-bond donors (Lipinski definition) is 1. The van der Waals surface area contributed by atoms with Crippen LogP contribution < -0.4 is 10.5 Å². The zero-order valence-electron chi connectivity index (χ0n) is 8.68. The quantitative estimate of drug-likeness (QED) is 0.807. The highest BCUT2D eigenvalue weighted by Crippen LogP contribution is 2.17.